The Balaban J connectivity index is 2.39. The molecule has 0 spiro atoms. The minimum absolute atomic E-state index is 0.0454. The topological polar surface area (TPSA) is 35.8 Å². The molecule has 0 saturated carbocycles. The van der Waals surface area contributed by atoms with Gasteiger partial charge in [-0.3, -0.25) is 4.99 Å². The molecule has 0 aliphatic carbocycles. The van der Waals surface area contributed by atoms with Crippen LogP contribution >= 0.6 is 11.8 Å². The predicted molar refractivity (Wildman–Crippen MR) is 88.8 cm³/mol. The van der Waals surface area contributed by atoms with E-state index in [4.69, 9.17) is 4.99 Å². The smallest absolute Gasteiger partial charge is 0.164 e. The summed E-state index contributed by atoms with van der Waals surface area (Å²) in [4.78, 5) is 7.07. The number of amidine groups is 1. The number of hydrogen-bond acceptors (Lipinski definition) is 4. The fourth-order valence-corrected chi connectivity index (χ4v) is 3.61. The first-order valence-electron chi connectivity index (χ1n) is 6.85. The molecule has 1 atom stereocenters. The van der Waals surface area contributed by atoms with Gasteiger partial charge in [-0.25, -0.2) is 0 Å². The standard InChI is InChI=1S/C16H22N2OS/c1-5-9-20-15-17-16(3,4)11-12(2)18(15)13-7-6-8-14(19)10-13/h5-8,10,12,19H,1,9,11H2,2-4H3. The summed E-state index contributed by atoms with van der Waals surface area (Å²) in [6.07, 6.45) is 2.88. The zero-order valence-corrected chi connectivity index (χ0v) is 13.2. The van der Waals surface area contributed by atoms with Crippen molar-refractivity contribution in [2.75, 3.05) is 10.7 Å². The largest absolute Gasteiger partial charge is 0.508 e. The molecule has 1 aliphatic heterocycles. The second kappa shape index (κ2) is 5.92. The SMILES string of the molecule is C=CCSC1=NC(C)(C)CC(C)N1c1cccc(O)c1. The van der Waals surface area contributed by atoms with Gasteiger partial charge in [0.2, 0.25) is 0 Å². The van der Waals surface area contributed by atoms with Crippen molar-refractivity contribution in [3.63, 3.8) is 0 Å². The fourth-order valence-electron chi connectivity index (χ4n) is 2.60. The van der Waals surface area contributed by atoms with E-state index in [9.17, 15) is 5.11 Å². The van der Waals surface area contributed by atoms with Crippen molar-refractivity contribution in [1.29, 1.82) is 0 Å². The van der Waals surface area contributed by atoms with Crippen molar-refractivity contribution < 1.29 is 5.11 Å². The van der Waals surface area contributed by atoms with Crippen LogP contribution in [0.4, 0.5) is 5.69 Å². The summed E-state index contributed by atoms with van der Waals surface area (Å²) in [5.41, 5.74) is 0.944. The molecule has 1 heterocycles. The number of aromatic hydroxyl groups is 1. The third kappa shape index (κ3) is 3.37. The van der Waals surface area contributed by atoms with Gasteiger partial charge in [-0.15, -0.1) is 6.58 Å². The molecule has 0 fully saturated rings. The highest BCUT2D eigenvalue weighted by Gasteiger charge is 2.33. The Bertz CT molecular complexity index is 525. The van der Waals surface area contributed by atoms with Crippen LogP contribution in [-0.2, 0) is 0 Å². The summed E-state index contributed by atoms with van der Waals surface area (Å²) in [5, 5.41) is 10.7. The second-order valence-corrected chi connectivity index (χ2v) is 6.74. The average molecular weight is 290 g/mol. The van der Waals surface area contributed by atoms with Gasteiger partial charge in [0, 0.05) is 23.5 Å². The number of hydrogen-bond donors (Lipinski definition) is 1. The van der Waals surface area contributed by atoms with Crippen LogP contribution in [0.2, 0.25) is 0 Å². The van der Waals surface area contributed by atoms with E-state index < -0.39 is 0 Å². The lowest BCUT2D eigenvalue weighted by Gasteiger charge is -2.41. The molecule has 1 aromatic rings. The molecule has 1 aliphatic rings. The number of benzene rings is 1. The van der Waals surface area contributed by atoms with Crippen molar-refractivity contribution >= 4 is 22.6 Å². The first-order valence-corrected chi connectivity index (χ1v) is 7.83. The van der Waals surface area contributed by atoms with Gasteiger partial charge in [-0.2, -0.15) is 0 Å². The highest BCUT2D eigenvalue weighted by atomic mass is 32.2. The minimum atomic E-state index is -0.0454. The molecule has 1 unspecified atom stereocenters. The number of phenols is 1. The zero-order chi connectivity index (χ0) is 14.8. The van der Waals surface area contributed by atoms with Crippen molar-refractivity contribution in [2.24, 2.45) is 4.99 Å². The molecule has 20 heavy (non-hydrogen) atoms. The van der Waals surface area contributed by atoms with Crippen LogP contribution in [0.5, 0.6) is 5.75 Å². The number of aliphatic imine (C=N–C) groups is 1. The van der Waals surface area contributed by atoms with E-state index in [-0.39, 0.29) is 11.3 Å². The van der Waals surface area contributed by atoms with E-state index in [0.717, 1.165) is 23.0 Å². The molecule has 0 amide bonds. The maximum atomic E-state index is 9.71. The van der Waals surface area contributed by atoms with Gasteiger partial charge in [0.15, 0.2) is 5.17 Å². The molecule has 1 N–H and O–H groups in total. The predicted octanol–water partition coefficient (Wildman–Crippen LogP) is 4.04. The Morgan fingerprint density at radius 3 is 2.95 bits per heavy atom. The zero-order valence-electron chi connectivity index (χ0n) is 12.3. The van der Waals surface area contributed by atoms with Crippen LogP contribution in [0.1, 0.15) is 27.2 Å². The number of phenolic OH excluding ortho intramolecular Hbond substituents is 1. The maximum Gasteiger partial charge on any atom is 0.164 e. The molecular weight excluding hydrogens is 268 g/mol. The summed E-state index contributed by atoms with van der Waals surface area (Å²) < 4.78 is 0. The first-order chi connectivity index (χ1) is 9.43. The first kappa shape index (κ1) is 15.0. The lowest BCUT2D eigenvalue weighted by atomic mass is 9.94. The van der Waals surface area contributed by atoms with Gasteiger partial charge >= 0.3 is 0 Å². The molecular formula is C16H22N2OS. The normalized spacial score (nSPS) is 21.4. The lowest BCUT2D eigenvalue weighted by molar-refractivity contribution is 0.420. The summed E-state index contributed by atoms with van der Waals surface area (Å²) in [7, 11) is 0. The van der Waals surface area contributed by atoms with Crippen LogP contribution in [0.25, 0.3) is 0 Å². The van der Waals surface area contributed by atoms with Crippen molar-refractivity contribution in [2.45, 2.75) is 38.8 Å². The fraction of sp³-hybridized carbons (Fsp3) is 0.438. The van der Waals surface area contributed by atoms with E-state index >= 15 is 0 Å². The van der Waals surface area contributed by atoms with Crippen LogP contribution in [0.15, 0.2) is 41.9 Å². The molecule has 0 radical (unpaired) electrons. The van der Waals surface area contributed by atoms with E-state index in [1.54, 1.807) is 23.9 Å². The van der Waals surface area contributed by atoms with Crippen LogP contribution < -0.4 is 4.90 Å². The summed E-state index contributed by atoms with van der Waals surface area (Å²) in [5.74, 6) is 1.12. The highest BCUT2D eigenvalue weighted by Crippen LogP contribution is 2.34. The molecule has 1 aromatic carbocycles. The maximum absolute atomic E-state index is 9.71. The summed E-state index contributed by atoms with van der Waals surface area (Å²) >= 11 is 1.69. The number of thioether (sulfide) groups is 1. The third-order valence-electron chi connectivity index (χ3n) is 3.28. The quantitative estimate of drug-likeness (QED) is 0.853. The van der Waals surface area contributed by atoms with Crippen molar-refractivity contribution in [3.05, 3.63) is 36.9 Å². The second-order valence-electron chi connectivity index (χ2n) is 5.75. The Morgan fingerprint density at radius 2 is 2.30 bits per heavy atom. The highest BCUT2D eigenvalue weighted by molar-refractivity contribution is 8.14. The minimum Gasteiger partial charge on any atom is -0.508 e. The Labute approximate surface area is 125 Å². The van der Waals surface area contributed by atoms with Crippen LogP contribution in [-0.4, -0.2) is 27.6 Å². The van der Waals surface area contributed by atoms with Crippen molar-refractivity contribution in [3.8, 4) is 5.75 Å². The number of anilines is 1. The van der Waals surface area contributed by atoms with Gasteiger partial charge in [0.05, 0.1) is 5.54 Å². The molecule has 0 saturated heterocycles. The van der Waals surface area contributed by atoms with E-state index in [1.165, 1.54) is 0 Å². The van der Waals surface area contributed by atoms with E-state index in [1.807, 2.05) is 18.2 Å². The van der Waals surface area contributed by atoms with Gasteiger partial charge in [0.1, 0.15) is 5.75 Å². The van der Waals surface area contributed by atoms with Crippen LogP contribution in [0, 0.1) is 0 Å². The van der Waals surface area contributed by atoms with Crippen molar-refractivity contribution in [1.82, 2.24) is 0 Å². The van der Waals surface area contributed by atoms with Gasteiger partial charge in [0.25, 0.3) is 0 Å². The summed E-state index contributed by atoms with van der Waals surface area (Å²) in [6.45, 7) is 10.3. The van der Waals surface area contributed by atoms with Crippen LogP contribution in [0.3, 0.4) is 0 Å². The average Bonchev–Trinajstić information content (AvgIpc) is 2.34. The Kier molecular flexibility index (Phi) is 4.43. The van der Waals surface area contributed by atoms with E-state index in [2.05, 4.69) is 32.3 Å². The molecule has 0 aromatic heterocycles. The molecule has 3 nitrogen and oxygen atoms in total. The van der Waals surface area contributed by atoms with Gasteiger partial charge < -0.3 is 10.0 Å². The molecule has 4 heteroatoms. The lowest BCUT2D eigenvalue weighted by Crippen LogP contribution is -2.46. The number of rotatable bonds is 3. The molecule has 0 bridgehead atoms. The summed E-state index contributed by atoms with van der Waals surface area (Å²) in [6, 6.07) is 7.71. The monoisotopic (exact) mass is 290 g/mol. The molecule has 108 valence electrons. The Hall–Kier alpha value is -1.42. The van der Waals surface area contributed by atoms with Gasteiger partial charge in [-0.05, 0) is 39.3 Å². The Morgan fingerprint density at radius 1 is 1.55 bits per heavy atom. The number of nitrogens with zero attached hydrogens (tertiary/aromatic N) is 2. The van der Waals surface area contributed by atoms with Gasteiger partial charge in [-0.1, -0.05) is 23.9 Å². The van der Waals surface area contributed by atoms with E-state index in [0.29, 0.717) is 6.04 Å². The molecule has 2 rings (SSSR count). The third-order valence-corrected chi connectivity index (χ3v) is 4.23.